The van der Waals surface area contributed by atoms with E-state index in [1.807, 2.05) is 0 Å². The second kappa shape index (κ2) is 5.98. The smallest absolute Gasteiger partial charge is 0.130 e. The van der Waals surface area contributed by atoms with Crippen molar-refractivity contribution in [3.8, 4) is 11.5 Å². The van der Waals surface area contributed by atoms with Gasteiger partial charge in [-0.15, -0.1) is 0 Å². The number of nitrogens with one attached hydrogen (secondary N) is 1. The zero-order chi connectivity index (χ0) is 13.8. The van der Waals surface area contributed by atoms with Crippen LogP contribution in [-0.4, -0.2) is 24.7 Å². The van der Waals surface area contributed by atoms with Crippen molar-refractivity contribution in [3.63, 3.8) is 0 Å². The monoisotopic (exact) mass is 274 g/mol. The summed E-state index contributed by atoms with van der Waals surface area (Å²) in [7, 11) is 0. The van der Waals surface area contributed by atoms with E-state index < -0.39 is 0 Å². The molecule has 1 atom stereocenters. The van der Waals surface area contributed by atoms with Gasteiger partial charge in [0.05, 0.1) is 12.7 Å². The van der Waals surface area contributed by atoms with Gasteiger partial charge < -0.3 is 14.8 Å². The summed E-state index contributed by atoms with van der Waals surface area (Å²) < 4.78 is 25.2. The number of hydrogen-bond donors (Lipinski definition) is 1. The van der Waals surface area contributed by atoms with Crippen LogP contribution in [0.15, 0.2) is 42.7 Å². The van der Waals surface area contributed by atoms with Gasteiger partial charge in [-0.05, 0) is 30.3 Å². The molecule has 1 fully saturated rings. The lowest BCUT2D eigenvalue weighted by Gasteiger charge is -2.24. The third-order valence-corrected chi connectivity index (χ3v) is 3.13. The molecule has 1 saturated heterocycles. The van der Waals surface area contributed by atoms with Crippen molar-refractivity contribution in [1.82, 2.24) is 10.3 Å². The van der Waals surface area contributed by atoms with Crippen LogP contribution in [0.4, 0.5) is 4.39 Å². The Morgan fingerprint density at radius 2 is 2.05 bits per heavy atom. The van der Waals surface area contributed by atoms with E-state index in [-0.39, 0.29) is 11.9 Å². The van der Waals surface area contributed by atoms with E-state index >= 15 is 0 Å². The molecule has 1 aromatic carbocycles. The van der Waals surface area contributed by atoms with Gasteiger partial charge in [-0.25, -0.2) is 4.39 Å². The fraction of sp³-hybridized carbons (Fsp3) is 0.267. The van der Waals surface area contributed by atoms with E-state index in [0.29, 0.717) is 30.2 Å². The van der Waals surface area contributed by atoms with E-state index in [4.69, 9.17) is 9.47 Å². The van der Waals surface area contributed by atoms with Crippen molar-refractivity contribution in [3.05, 3.63) is 54.1 Å². The molecule has 104 valence electrons. The minimum atomic E-state index is -0.277. The summed E-state index contributed by atoms with van der Waals surface area (Å²) in [6, 6.07) is 8.20. The number of morpholine rings is 1. The van der Waals surface area contributed by atoms with Crippen LogP contribution in [0.25, 0.3) is 0 Å². The Bertz CT molecular complexity index is 571. The molecule has 1 aliphatic heterocycles. The Morgan fingerprint density at radius 3 is 2.80 bits per heavy atom. The standard InChI is InChI=1S/C15H15FN2O2/c16-14-2-1-12(20-11-3-5-17-6-4-11)9-13(14)15-10-18-7-8-19-15/h1-6,9,15,18H,7-8,10H2. The molecule has 0 saturated carbocycles. The second-order valence-electron chi connectivity index (χ2n) is 4.53. The Morgan fingerprint density at radius 1 is 1.20 bits per heavy atom. The molecule has 1 unspecified atom stereocenters. The molecule has 1 aliphatic rings. The van der Waals surface area contributed by atoms with Crippen LogP contribution < -0.4 is 10.1 Å². The first-order valence-corrected chi connectivity index (χ1v) is 6.52. The molecule has 1 N–H and O–H groups in total. The summed E-state index contributed by atoms with van der Waals surface area (Å²) in [4.78, 5) is 3.92. The van der Waals surface area contributed by atoms with Gasteiger partial charge in [-0.1, -0.05) is 0 Å². The molecule has 2 heterocycles. The average Bonchev–Trinajstić information content (AvgIpc) is 2.51. The molecule has 5 heteroatoms. The largest absolute Gasteiger partial charge is 0.457 e. The van der Waals surface area contributed by atoms with Crippen LogP contribution in [0, 0.1) is 5.82 Å². The molecule has 4 nitrogen and oxygen atoms in total. The highest BCUT2D eigenvalue weighted by Gasteiger charge is 2.20. The second-order valence-corrected chi connectivity index (χ2v) is 4.53. The number of halogens is 1. The highest BCUT2D eigenvalue weighted by Crippen LogP contribution is 2.28. The molecule has 0 amide bonds. The minimum Gasteiger partial charge on any atom is -0.457 e. The first-order chi connectivity index (χ1) is 9.83. The first kappa shape index (κ1) is 13.0. The molecule has 0 bridgehead atoms. The van der Waals surface area contributed by atoms with Gasteiger partial charge in [-0.3, -0.25) is 4.98 Å². The molecular formula is C15H15FN2O2. The van der Waals surface area contributed by atoms with E-state index in [2.05, 4.69) is 10.3 Å². The molecular weight excluding hydrogens is 259 g/mol. The van der Waals surface area contributed by atoms with Gasteiger partial charge in [0.1, 0.15) is 17.3 Å². The SMILES string of the molecule is Fc1ccc(Oc2ccncc2)cc1C1CNCCO1. The zero-order valence-corrected chi connectivity index (χ0v) is 10.9. The Balaban J connectivity index is 1.82. The number of rotatable bonds is 3. The van der Waals surface area contributed by atoms with Crippen molar-refractivity contribution in [2.24, 2.45) is 0 Å². The number of aromatic nitrogens is 1. The molecule has 0 radical (unpaired) electrons. The predicted octanol–water partition coefficient (Wildman–Crippen LogP) is 2.67. The van der Waals surface area contributed by atoms with Crippen LogP contribution in [0.5, 0.6) is 11.5 Å². The number of hydrogen-bond acceptors (Lipinski definition) is 4. The average molecular weight is 274 g/mol. The van der Waals surface area contributed by atoms with Gasteiger partial charge in [0.25, 0.3) is 0 Å². The maximum Gasteiger partial charge on any atom is 0.130 e. The molecule has 0 aliphatic carbocycles. The third kappa shape index (κ3) is 2.95. The molecule has 2 aromatic rings. The first-order valence-electron chi connectivity index (χ1n) is 6.52. The third-order valence-electron chi connectivity index (χ3n) is 3.13. The van der Waals surface area contributed by atoms with Gasteiger partial charge in [-0.2, -0.15) is 0 Å². The van der Waals surface area contributed by atoms with Crippen molar-refractivity contribution >= 4 is 0 Å². The van der Waals surface area contributed by atoms with E-state index in [1.165, 1.54) is 6.07 Å². The lowest BCUT2D eigenvalue weighted by molar-refractivity contribution is 0.0254. The fourth-order valence-corrected chi connectivity index (χ4v) is 2.14. The van der Waals surface area contributed by atoms with Gasteiger partial charge >= 0.3 is 0 Å². The van der Waals surface area contributed by atoms with Crippen molar-refractivity contribution in [2.75, 3.05) is 19.7 Å². The fourth-order valence-electron chi connectivity index (χ4n) is 2.14. The summed E-state index contributed by atoms with van der Waals surface area (Å²) >= 11 is 0. The van der Waals surface area contributed by atoms with Gasteiger partial charge in [0, 0.05) is 31.0 Å². The highest BCUT2D eigenvalue weighted by atomic mass is 19.1. The summed E-state index contributed by atoms with van der Waals surface area (Å²) in [5.74, 6) is 0.975. The van der Waals surface area contributed by atoms with E-state index in [0.717, 1.165) is 6.54 Å². The maximum absolute atomic E-state index is 13.9. The normalized spacial score (nSPS) is 18.8. The number of pyridine rings is 1. The van der Waals surface area contributed by atoms with Gasteiger partial charge in [0.15, 0.2) is 0 Å². The highest BCUT2D eigenvalue weighted by molar-refractivity contribution is 5.35. The van der Waals surface area contributed by atoms with Crippen molar-refractivity contribution < 1.29 is 13.9 Å². The van der Waals surface area contributed by atoms with Crippen molar-refractivity contribution in [1.29, 1.82) is 0 Å². The quantitative estimate of drug-likeness (QED) is 0.934. The zero-order valence-electron chi connectivity index (χ0n) is 10.9. The summed E-state index contributed by atoms with van der Waals surface area (Å²) in [6.45, 7) is 1.99. The summed E-state index contributed by atoms with van der Waals surface area (Å²) in [6.07, 6.45) is 3.02. The summed E-state index contributed by atoms with van der Waals surface area (Å²) in [5.41, 5.74) is 0.517. The van der Waals surface area contributed by atoms with E-state index in [9.17, 15) is 4.39 Å². The summed E-state index contributed by atoms with van der Waals surface area (Å²) in [5, 5.41) is 3.19. The van der Waals surface area contributed by atoms with Crippen LogP contribution >= 0.6 is 0 Å². The number of nitrogens with zero attached hydrogens (tertiary/aromatic N) is 1. The number of ether oxygens (including phenoxy) is 2. The van der Waals surface area contributed by atoms with Crippen LogP contribution in [0.3, 0.4) is 0 Å². The van der Waals surface area contributed by atoms with E-state index in [1.54, 1.807) is 36.7 Å². The Hall–Kier alpha value is -1.98. The molecule has 20 heavy (non-hydrogen) atoms. The number of benzene rings is 1. The van der Waals surface area contributed by atoms with Crippen LogP contribution in [0.1, 0.15) is 11.7 Å². The minimum absolute atomic E-state index is 0.273. The van der Waals surface area contributed by atoms with Gasteiger partial charge in [0.2, 0.25) is 0 Å². The topological polar surface area (TPSA) is 43.4 Å². The molecule has 0 spiro atoms. The maximum atomic E-state index is 13.9. The predicted molar refractivity (Wildman–Crippen MR) is 72.3 cm³/mol. The lowest BCUT2D eigenvalue weighted by Crippen LogP contribution is -2.33. The molecule has 3 rings (SSSR count). The lowest BCUT2D eigenvalue weighted by atomic mass is 10.1. The van der Waals surface area contributed by atoms with Crippen LogP contribution in [-0.2, 0) is 4.74 Å². The Labute approximate surface area is 116 Å². The Kier molecular flexibility index (Phi) is 3.90. The molecule has 1 aromatic heterocycles. The van der Waals surface area contributed by atoms with Crippen molar-refractivity contribution in [2.45, 2.75) is 6.10 Å². The van der Waals surface area contributed by atoms with Crippen LogP contribution in [0.2, 0.25) is 0 Å².